The van der Waals surface area contributed by atoms with Gasteiger partial charge in [0.25, 0.3) is 0 Å². The second-order valence-corrected chi connectivity index (χ2v) is 5.01. The molecule has 1 rings (SSSR count). The summed E-state index contributed by atoms with van der Waals surface area (Å²) in [6.45, 7) is 3.74. The molecule has 0 radical (unpaired) electrons. The van der Waals surface area contributed by atoms with Crippen molar-refractivity contribution in [2.24, 2.45) is 0 Å². The normalized spacial score (nSPS) is 13.7. The number of rotatable bonds is 6. The topological polar surface area (TPSA) is 78.4 Å². The lowest BCUT2D eigenvalue weighted by Gasteiger charge is -2.17. The van der Waals surface area contributed by atoms with Crippen molar-refractivity contribution in [3.05, 3.63) is 22.4 Å². The number of carbonyl (C=O) groups excluding carboxylic acids is 1. The predicted octanol–water partition coefficient (Wildman–Crippen LogP) is 2.36. The van der Waals surface area contributed by atoms with Crippen LogP contribution in [0.15, 0.2) is 17.5 Å². The first-order valence-electron chi connectivity index (χ1n) is 5.87. The van der Waals surface area contributed by atoms with E-state index in [1.54, 1.807) is 11.3 Å². The molecule has 0 fully saturated rings. The average Bonchev–Trinajstić information content (AvgIpc) is 2.81. The fraction of sp³-hybridized carbons (Fsp3) is 0.500. The van der Waals surface area contributed by atoms with E-state index in [1.165, 1.54) is 0 Å². The van der Waals surface area contributed by atoms with Gasteiger partial charge in [-0.25, -0.2) is 9.59 Å². The van der Waals surface area contributed by atoms with E-state index >= 15 is 0 Å². The highest BCUT2D eigenvalue weighted by Crippen LogP contribution is 2.17. The minimum Gasteiger partial charge on any atom is -0.480 e. The van der Waals surface area contributed by atoms with Gasteiger partial charge < -0.3 is 15.7 Å². The smallest absolute Gasteiger partial charge is 0.326 e. The van der Waals surface area contributed by atoms with Crippen molar-refractivity contribution in [3.63, 3.8) is 0 Å². The second-order valence-electron chi connectivity index (χ2n) is 4.03. The molecule has 0 aliphatic heterocycles. The predicted molar refractivity (Wildman–Crippen MR) is 70.7 cm³/mol. The molecular weight excluding hydrogens is 252 g/mol. The monoisotopic (exact) mass is 270 g/mol. The zero-order chi connectivity index (χ0) is 13.5. The summed E-state index contributed by atoms with van der Waals surface area (Å²) in [5.41, 5.74) is 0. The van der Waals surface area contributed by atoms with Gasteiger partial charge in [0.15, 0.2) is 0 Å². The van der Waals surface area contributed by atoms with Crippen LogP contribution in [0.3, 0.4) is 0 Å². The number of hydrogen-bond acceptors (Lipinski definition) is 3. The van der Waals surface area contributed by atoms with Crippen LogP contribution < -0.4 is 10.6 Å². The summed E-state index contributed by atoms with van der Waals surface area (Å²) in [7, 11) is 0. The zero-order valence-corrected chi connectivity index (χ0v) is 11.3. The van der Waals surface area contributed by atoms with Crippen LogP contribution in [0.1, 0.15) is 37.6 Å². The highest BCUT2D eigenvalue weighted by molar-refractivity contribution is 7.10. The van der Waals surface area contributed by atoms with Gasteiger partial charge in [0.2, 0.25) is 0 Å². The van der Waals surface area contributed by atoms with E-state index in [1.807, 2.05) is 31.4 Å². The fourth-order valence-electron chi connectivity index (χ4n) is 1.55. The van der Waals surface area contributed by atoms with E-state index < -0.39 is 18.0 Å². The van der Waals surface area contributed by atoms with Gasteiger partial charge in [-0.15, -0.1) is 11.3 Å². The molecule has 2 amide bonds. The minimum atomic E-state index is -1.00. The molecule has 0 aliphatic carbocycles. The number of amides is 2. The maximum Gasteiger partial charge on any atom is 0.326 e. The SMILES string of the molecule is CCCC(NC(=O)NC(C)c1cccs1)C(=O)O. The Labute approximate surface area is 110 Å². The number of thiophene rings is 1. The van der Waals surface area contributed by atoms with Crippen molar-refractivity contribution in [3.8, 4) is 0 Å². The third kappa shape index (κ3) is 4.37. The number of carboxylic acid groups (broad SMARTS) is 1. The first kappa shape index (κ1) is 14.5. The molecule has 5 nitrogen and oxygen atoms in total. The van der Waals surface area contributed by atoms with Crippen molar-refractivity contribution in [2.75, 3.05) is 0 Å². The summed E-state index contributed by atoms with van der Waals surface area (Å²) in [6.07, 6.45) is 1.13. The Morgan fingerprint density at radius 1 is 1.44 bits per heavy atom. The first-order chi connectivity index (χ1) is 8.54. The molecule has 3 N–H and O–H groups in total. The molecule has 0 spiro atoms. The maximum absolute atomic E-state index is 11.7. The Morgan fingerprint density at radius 3 is 2.67 bits per heavy atom. The Balaban J connectivity index is 2.47. The van der Waals surface area contributed by atoms with E-state index in [2.05, 4.69) is 10.6 Å². The van der Waals surface area contributed by atoms with Crippen molar-refractivity contribution < 1.29 is 14.7 Å². The summed E-state index contributed by atoms with van der Waals surface area (Å²) >= 11 is 1.55. The van der Waals surface area contributed by atoms with E-state index in [0.29, 0.717) is 12.8 Å². The third-order valence-electron chi connectivity index (χ3n) is 2.50. The maximum atomic E-state index is 11.7. The van der Waals surface area contributed by atoms with E-state index in [9.17, 15) is 9.59 Å². The van der Waals surface area contributed by atoms with Gasteiger partial charge in [-0.05, 0) is 24.8 Å². The van der Waals surface area contributed by atoms with Crippen LogP contribution in [0.4, 0.5) is 4.79 Å². The third-order valence-corrected chi connectivity index (χ3v) is 3.55. The Morgan fingerprint density at radius 2 is 2.17 bits per heavy atom. The van der Waals surface area contributed by atoms with Gasteiger partial charge in [-0.3, -0.25) is 0 Å². The van der Waals surface area contributed by atoms with E-state index in [-0.39, 0.29) is 6.04 Å². The molecule has 0 bridgehead atoms. The molecule has 100 valence electrons. The number of carbonyl (C=O) groups is 2. The standard InChI is InChI=1S/C12H18N2O3S/c1-3-5-9(11(15)16)14-12(17)13-8(2)10-6-4-7-18-10/h4,6-9H,3,5H2,1-2H3,(H,15,16)(H2,13,14,17). The number of carboxylic acids is 1. The van der Waals surface area contributed by atoms with Crippen LogP contribution in [0.5, 0.6) is 0 Å². The lowest BCUT2D eigenvalue weighted by atomic mass is 10.2. The largest absolute Gasteiger partial charge is 0.480 e. The molecule has 1 aromatic heterocycles. The molecule has 0 aliphatic rings. The highest BCUT2D eigenvalue weighted by atomic mass is 32.1. The minimum absolute atomic E-state index is 0.124. The molecule has 0 saturated carbocycles. The quantitative estimate of drug-likeness (QED) is 0.742. The van der Waals surface area contributed by atoms with Gasteiger partial charge >= 0.3 is 12.0 Å². The van der Waals surface area contributed by atoms with Gasteiger partial charge in [0.05, 0.1) is 6.04 Å². The summed E-state index contributed by atoms with van der Waals surface area (Å²) < 4.78 is 0. The molecule has 2 atom stereocenters. The van der Waals surface area contributed by atoms with Crippen LogP contribution >= 0.6 is 11.3 Å². The molecule has 1 heterocycles. The van der Waals surface area contributed by atoms with Crippen LogP contribution in [0.25, 0.3) is 0 Å². The van der Waals surface area contributed by atoms with Gasteiger partial charge in [0.1, 0.15) is 6.04 Å². The summed E-state index contributed by atoms with van der Waals surface area (Å²) in [6, 6.07) is 2.44. The fourth-order valence-corrected chi connectivity index (χ4v) is 2.29. The molecular formula is C12H18N2O3S. The van der Waals surface area contributed by atoms with Crippen LogP contribution in [0, 0.1) is 0 Å². The lowest BCUT2D eigenvalue weighted by molar-refractivity contribution is -0.139. The number of hydrogen-bond donors (Lipinski definition) is 3. The highest BCUT2D eigenvalue weighted by Gasteiger charge is 2.19. The van der Waals surface area contributed by atoms with Crippen molar-refractivity contribution >= 4 is 23.3 Å². The van der Waals surface area contributed by atoms with E-state index in [0.717, 1.165) is 4.88 Å². The summed E-state index contributed by atoms with van der Waals surface area (Å²) in [5, 5.41) is 16.1. The first-order valence-corrected chi connectivity index (χ1v) is 6.75. The van der Waals surface area contributed by atoms with Crippen LogP contribution in [0.2, 0.25) is 0 Å². The Bertz CT molecular complexity index is 392. The molecule has 1 aromatic rings. The van der Waals surface area contributed by atoms with Gasteiger partial charge in [-0.1, -0.05) is 19.4 Å². The number of aliphatic carboxylic acids is 1. The molecule has 18 heavy (non-hydrogen) atoms. The second kappa shape index (κ2) is 7.00. The van der Waals surface area contributed by atoms with Crippen LogP contribution in [-0.2, 0) is 4.79 Å². The van der Waals surface area contributed by atoms with Crippen molar-refractivity contribution in [1.82, 2.24) is 10.6 Å². The Hall–Kier alpha value is -1.56. The van der Waals surface area contributed by atoms with Gasteiger partial charge in [0, 0.05) is 4.88 Å². The van der Waals surface area contributed by atoms with Crippen LogP contribution in [-0.4, -0.2) is 23.1 Å². The van der Waals surface area contributed by atoms with Crippen molar-refractivity contribution in [1.29, 1.82) is 0 Å². The average molecular weight is 270 g/mol. The summed E-state index contributed by atoms with van der Waals surface area (Å²) in [5.74, 6) is -1.00. The molecule has 2 unspecified atom stereocenters. The molecule has 0 saturated heterocycles. The molecule has 0 aromatic carbocycles. The van der Waals surface area contributed by atoms with Crippen molar-refractivity contribution in [2.45, 2.75) is 38.8 Å². The van der Waals surface area contributed by atoms with E-state index in [4.69, 9.17) is 5.11 Å². The lowest BCUT2D eigenvalue weighted by Crippen LogP contribution is -2.46. The number of nitrogens with one attached hydrogen (secondary N) is 2. The summed E-state index contributed by atoms with van der Waals surface area (Å²) in [4.78, 5) is 23.6. The number of urea groups is 1. The van der Waals surface area contributed by atoms with Gasteiger partial charge in [-0.2, -0.15) is 0 Å². The molecule has 6 heteroatoms. The Kier molecular flexibility index (Phi) is 5.64. The zero-order valence-electron chi connectivity index (χ0n) is 10.5.